The second-order valence-electron chi connectivity index (χ2n) is 7.14. The van der Waals surface area contributed by atoms with Crippen molar-refractivity contribution in [2.24, 2.45) is 7.05 Å². The molecule has 0 aliphatic heterocycles. The van der Waals surface area contributed by atoms with Crippen LogP contribution in [0.1, 0.15) is 27.2 Å². The molecule has 4 nitrogen and oxygen atoms in total. The highest BCUT2D eigenvalue weighted by Gasteiger charge is 2.18. The summed E-state index contributed by atoms with van der Waals surface area (Å²) in [5.74, 6) is 0.376. The zero-order valence-corrected chi connectivity index (χ0v) is 16.6. The maximum Gasteiger partial charge on any atom is 0.257 e. The van der Waals surface area contributed by atoms with Crippen LogP contribution in [0.5, 0.6) is 0 Å². The van der Waals surface area contributed by atoms with Crippen molar-refractivity contribution < 1.29 is 4.79 Å². The molecule has 0 aliphatic carbocycles. The third kappa shape index (κ3) is 4.11. The molecule has 0 radical (unpaired) electrons. The number of carbonyl (C=O) groups excluding carboxylic acids is 1. The normalized spacial score (nSPS) is 10.7. The van der Waals surface area contributed by atoms with Crippen LogP contribution in [0.15, 0.2) is 84.9 Å². The molecule has 1 aromatic heterocycles. The van der Waals surface area contributed by atoms with E-state index in [4.69, 9.17) is 4.98 Å². The molecule has 0 aliphatic rings. The van der Waals surface area contributed by atoms with Gasteiger partial charge in [-0.15, -0.1) is 0 Å². The summed E-state index contributed by atoms with van der Waals surface area (Å²) in [6.45, 7) is 2.07. The molecule has 144 valence electrons. The fraction of sp³-hybridized carbons (Fsp3) is 0.120. The van der Waals surface area contributed by atoms with Gasteiger partial charge in [0.2, 0.25) is 5.95 Å². The van der Waals surface area contributed by atoms with E-state index in [9.17, 15) is 4.79 Å². The highest BCUT2D eigenvalue weighted by Crippen LogP contribution is 2.29. The lowest BCUT2D eigenvalue weighted by Crippen LogP contribution is -2.15. The minimum Gasteiger partial charge on any atom is -0.313 e. The zero-order chi connectivity index (χ0) is 20.2. The van der Waals surface area contributed by atoms with Gasteiger partial charge in [0.05, 0.1) is 11.4 Å². The lowest BCUT2D eigenvalue weighted by Gasteiger charge is -2.09. The van der Waals surface area contributed by atoms with E-state index in [0.717, 1.165) is 17.0 Å². The lowest BCUT2D eigenvalue weighted by molar-refractivity contribution is 0.102. The second kappa shape index (κ2) is 8.15. The van der Waals surface area contributed by atoms with Gasteiger partial charge in [-0.3, -0.25) is 10.1 Å². The second-order valence-corrected chi connectivity index (χ2v) is 7.14. The fourth-order valence-corrected chi connectivity index (χ4v) is 3.41. The third-order valence-electron chi connectivity index (χ3n) is 4.97. The van der Waals surface area contributed by atoms with Crippen LogP contribution in [-0.2, 0) is 13.5 Å². The van der Waals surface area contributed by atoms with E-state index in [-0.39, 0.29) is 5.91 Å². The molecule has 29 heavy (non-hydrogen) atoms. The van der Waals surface area contributed by atoms with Gasteiger partial charge in [0.25, 0.3) is 5.91 Å². The van der Waals surface area contributed by atoms with Gasteiger partial charge in [0.15, 0.2) is 0 Å². The number of nitrogens with one attached hydrogen (secondary N) is 1. The van der Waals surface area contributed by atoms with Crippen molar-refractivity contribution in [1.82, 2.24) is 9.55 Å². The Morgan fingerprint density at radius 1 is 0.897 bits per heavy atom. The molecular formula is C25H23N3O. The summed E-state index contributed by atoms with van der Waals surface area (Å²) >= 11 is 0. The van der Waals surface area contributed by atoms with E-state index in [0.29, 0.717) is 17.9 Å². The number of carbonyl (C=O) groups is 1. The van der Waals surface area contributed by atoms with Gasteiger partial charge in [-0.05, 0) is 24.6 Å². The summed E-state index contributed by atoms with van der Waals surface area (Å²) in [4.78, 5) is 17.5. The number of nitrogens with zero attached hydrogens (tertiary/aromatic N) is 2. The first-order valence-electron chi connectivity index (χ1n) is 9.65. The number of aromatic nitrogens is 2. The lowest BCUT2D eigenvalue weighted by atomic mass is 10.0. The number of anilines is 1. The molecule has 0 unspecified atom stereocenters. The van der Waals surface area contributed by atoms with Crippen LogP contribution in [0.25, 0.3) is 11.3 Å². The highest BCUT2D eigenvalue weighted by molar-refractivity contribution is 6.03. The number of rotatable bonds is 5. The highest BCUT2D eigenvalue weighted by atomic mass is 16.1. The first-order chi connectivity index (χ1) is 14.1. The van der Waals surface area contributed by atoms with E-state index in [1.54, 1.807) is 12.1 Å². The standard InChI is InChI=1S/C25H23N3O/c1-18-13-15-20(16-14-18)23-22(17-19-9-5-3-6-10-19)26-25(28(23)2)27-24(29)21-11-7-4-8-12-21/h3-16H,17H2,1-2H3,(H,26,27,29). The van der Waals surface area contributed by atoms with E-state index >= 15 is 0 Å². The van der Waals surface area contributed by atoms with Crippen LogP contribution in [0, 0.1) is 6.92 Å². The van der Waals surface area contributed by atoms with Gasteiger partial charge in [0, 0.05) is 24.6 Å². The minimum atomic E-state index is -0.166. The predicted molar refractivity (Wildman–Crippen MR) is 117 cm³/mol. The first kappa shape index (κ1) is 18.7. The van der Waals surface area contributed by atoms with Gasteiger partial charge in [-0.1, -0.05) is 78.4 Å². The minimum absolute atomic E-state index is 0.166. The van der Waals surface area contributed by atoms with Gasteiger partial charge in [-0.2, -0.15) is 0 Å². The SMILES string of the molecule is Cc1ccc(-c2c(Cc3ccccc3)nc(NC(=O)c3ccccc3)n2C)cc1. The third-order valence-corrected chi connectivity index (χ3v) is 4.97. The molecule has 0 saturated heterocycles. The molecule has 1 N–H and O–H groups in total. The van der Waals surface area contributed by atoms with Gasteiger partial charge in [-0.25, -0.2) is 4.98 Å². The van der Waals surface area contributed by atoms with Gasteiger partial charge < -0.3 is 4.57 Å². The topological polar surface area (TPSA) is 46.9 Å². The Balaban J connectivity index is 1.73. The average molecular weight is 381 g/mol. The summed E-state index contributed by atoms with van der Waals surface area (Å²) in [7, 11) is 1.94. The summed E-state index contributed by atoms with van der Waals surface area (Å²) in [5.41, 5.74) is 6.02. The van der Waals surface area contributed by atoms with Gasteiger partial charge in [0.1, 0.15) is 0 Å². The molecule has 1 heterocycles. The fourth-order valence-electron chi connectivity index (χ4n) is 3.41. The Bertz CT molecular complexity index is 1110. The largest absolute Gasteiger partial charge is 0.313 e. The monoisotopic (exact) mass is 381 g/mol. The number of amides is 1. The molecule has 0 atom stereocenters. The van der Waals surface area contributed by atoms with Crippen LogP contribution in [0.3, 0.4) is 0 Å². The molecule has 4 aromatic rings. The van der Waals surface area contributed by atoms with Gasteiger partial charge >= 0.3 is 0 Å². The van der Waals surface area contributed by atoms with Crippen molar-refractivity contribution in [2.45, 2.75) is 13.3 Å². The maximum atomic E-state index is 12.7. The van der Waals surface area contributed by atoms with Crippen LogP contribution < -0.4 is 5.32 Å². The Hall–Kier alpha value is -3.66. The maximum absolute atomic E-state index is 12.7. The zero-order valence-electron chi connectivity index (χ0n) is 16.6. The molecule has 3 aromatic carbocycles. The van der Waals surface area contributed by atoms with Crippen LogP contribution >= 0.6 is 0 Å². The summed E-state index contributed by atoms with van der Waals surface area (Å²) in [6, 6.07) is 27.8. The average Bonchev–Trinajstić information content (AvgIpc) is 3.05. The van der Waals surface area contributed by atoms with Crippen molar-refractivity contribution in [1.29, 1.82) is 0 Å². The van der Waals surface area contributed by atoms with Crippen molar-refractivity contribution in [3.8, 4) is 11.3 Å². The smallest absolute Gasteiger partial charge is 0.257 e. The van der Waals surface area contributed by atoms with Crippen molar-refractivity contribution in [3.63, 3.8) is 0 Å². The van der Waals surface area contributed by atoms with Crippen molar-refractivity contribution in [2.75, 3.05) is 5.32 Å². The Labute approximate surface area is 170 Å². The van der Waals surface area contributed by atoms with E-state index in [1.165, 1.54) is 11.1 Å². The molecule has 0 saturated carbocycles. The van der Waals surface area contributed by atoms with E-state index in [1.807, 2.05) is 48.0 Å². The van der Waals surface area contributed by atoms with Crippen molar-refractivity contribution >= 4 is 11.9 Å². The molecule has 4 rings (SSSR count). The first-order valence-corrected chi connectivity index (χ1v) is 9.65. The number of imidazole rings is 1. The van der Waals surface area contributed by atoms with Crippen LogP contribution in [-0.4, -0.2) is 15.5 Å². The summed E-state index contributed by atoms with van der Waals surface area (Å²) < 4.78 is 1.96. The molecule has 0 bridgehead atoms. The molecule has 1 amide bonds. The van der Waals surface area contributed by atoms with Crippen LogP contribution in [0.2, 0.25) is 0 Å². The summed E-state index contributed by atoms with van der Waals surface area (Å²) in [6.07, 6.45) is 0.694. The Morgan fingerprint density at radius 2 is 1.52 bits per heavy atom. The molecule has 4 heteroatoms. The number of benzene rings is 3. The number of hydrogen-bond donors (Lipinski definition) is 1. The van der Waals surface area contributed by atoms with Crippen molar-refractivity contribution in [3.05, 3.63) is 107 Å². The number of aryl methyl sites for hydroxylation is 1. The Kier molecular flexibility index (Phi) is 5.25. The molecule has 0 spiro atoms. The number of hydrogen-bond acceptors (Lipinski definition) is 2. The molecule has 0 fully saturated rings. The Morgan fingerprint density at radius 3 is 2.17 bits per heavy atom. The predicted octanol–water partition coefficient (Wildman–Crippen LogP) is 5.24. The van der Waals surface area contributed by atoms with E-state index < -0.39 is 0 Å². The quantitative estimate of drug-likeness (QED) is 0.514. The summed E-state index contributed by atoms with van der Waals surface area (Å²) in [5, 5.41) is 2.97. The van der Waals surface area contributed by atoms with E-state index in [2.05, 4.69) is 48.6 Å². The molecular weight excluding hydrogens is 358 g/mol. The van der Waals surface area contributed by atoms with Crippen LogP contribution in [0.4, 0.5) is 5.95 Å².